The Labute approximate surface area is 277 Å². The quantitative estimate of drug-likeness (QED) is 0.177. The highest BCUT2D eigenvalue weighted by molar-refractivity contribution is 6.21. The number of hydrogen-bond acceptors (Lipinski definition) is 0. The van der Waals surface area contributed by atoms with Gasteiger partial charge in [0.2, 0.25) is 0 Å². The van der Waals surface area contributed by atoms with E-state index in [0.717, 1.165) is 61.0 Å². The second kappa shape index (κ2) is 10.9. The third kappa shape index (κ3) is 4.07. The van der Waals surface area contributed by atoms with Crippen molar-refractivity contribution in [1.29, 1.82) is 0 Å². The molecule has 7 aromatic carbocycles. The minimum atomic E-state index is 0.462. The lowest BCUT2D eigenvalue weighted by atomic mass is 9.93. The van der Waals surface area contributed by atoms with Gasteiger partial charge >= 0.3 is 0 Å². The van der Waals surface area contributed by atoms with Crippen molar-refractivity contribution in [1.82, 2.24) is 9.13 Å². The smallest absolute Gasteiger partial charge is 0.184 e. The molecule has 9 aromatic rings. The Balaban J connectivity index is 1.40. The van der Waals surface area contributed by atoms with Crippen molar-refractivity contribution in [3.8, 4) is 33.6 Å². The molecule has 0 unspecified atom stereocenters. The van der Waals surface area contributed by atoms with Crippen LogP contribution in [0.4, 0.5) is 11.4 Å². The van der Waals surface area contributed by atoms with Crippen molar-refractivity contribution < 1.29 is 0 Å². The average molecular weight is 611 g/mol. The van der Waals surface area contributed by atoms with Crippen LogP contribution in [0.15, 0.2) is 158 Å². The summed E-state index contributed by atoms with van der Waals surface area (Å²) in [7, 11) is 0. The molecule has 9 rings (SSSR count). The van der Waals surface area contributed by atoms with E-state index in [-0.39, 0.29) is 0 Å². The third-order valence-electron chi connectivity index (χ3n) is 9.35. The molecule has 0 spiro atoms. The van der Waals surface area contributed by atoms with Gasteiger partial charge in [-0.1, -0.05) is 109 Å². The summed E-state index contributed by atoms with van der Waals surface area (Å²) >= 11 is 0. The molecule has 2 heterocycles. The predicted octanol–water partition coefficient (Wildman–Crippen LogP) is 12.3. The van der Waals surface area contributed by atoms with Crippen LogP contribution in [0.25, 0.3) is 86.9 Å². The molecule has 48 heavy (non-hydrogen) atoms. The second-order valence-corrected chi connectivity index (χ2v) is 11.9. The standard InChI is InChI=1S/C44H26N4/c1-45-30-22-23-34(39(28-30)46-2)36-25-24-33(43-37-18-10-12-20-41(37)48(44(36)43)32-15-7-4-8-16-32)29-21-26-42-38(27-29)35-17-9-11-19-40(35)47(42)31-13-5-3-6-14-31/h3-28H. The Kier molecular flexibility index (Phi) is 6.22. The summed E-state index contributed by atoms with van der Waals surface area (Å²) < 4.78 is 4.66. The number of benzene rings is 7. The summed E-state index contributed by atoms with van der Waals surface area (Å²) in [5.74, 6) is 0. The molecule has 222 valence electrons. The summed E-state index contributed by atoms with van der Waals surface area (Å²) in [6, 6.07) is 54.7. The fourth-order valence-electron chi connectivity index (χ4n) is 7.31. The largest absolute Gasteiger partial charge is 0.309 e. The molecule has 0 saturated carbocycles. The molecule has 0 amide bonds. The molecule has 0 bridgehead atoms. The van der Waals surface area contributed by atoms with E-state index >= 15 is 0 Å². The zero-order valence-corrected chi connectivity index (χ0v) is 25.8. The van der Waals surface area contributed by atoms with Gasteiger partial charge in [0.15, 0.2) is 11.4 Å². The summed E-state index contributed by atoms with van der Waals surface area (Å²) in [5, 5.41) is 4.67. The molecule has 0 radical (unpaired) electrons. The van der Waals surface area contributed by atoms with Crippen molar-refractivity contribution in [2.45, 2.75) is 0 Å². The van der Waals surface area contributed by atoms with Crippen molar-refractivity contribution in [2.24, 2.45) is 0 Å². The van der Waals surface area contributed by atoms with E-state index in [1.54, 1.807) is 6.07 Å². The zero-order chi connectivity index (χ0) is 32.2. The predicted molar refractivity (Wildman–Crippen MR) is 199 cm³/mol. The number of para-hydroxylation sites is 4. The molecular formula is C44H26N4. The first kappa shape index (κ1) is 27.4. The Bertz CT molecular complexity index is 2790. The van der Waals surface area contributed by atoms with E-state index in [9.17, 15) is 0 Å². The van der Waals surface area contributed by atoms with E-state index in [0.29, 0.717) is 11.4 Å². The Morgan fingerprint density at radius 3 is 1.71 bits per heavy atom. The average Bonchev–Trinajstić information content (AvgIpc) is 3.68. The highest BCUT2D eigenvalue weighted by atomic mass is 15.0. The van der Waals surface area contributed by atoms with Gasteiger partial charge in [-0.25, -0.2) is 9.69 Å². The van der Waals surface area contributed by atoms with Gasteiger partial charge in [0.25, 0.3) is 0 Å². The van der Waals surface area contributed by atoms with Crippen LogP contribution < -0.4 is 0 Å². The normalized spacial score (nSPS) is 11.3. The van der Waals surface area contributed by atoms with E-state index in [1.165, 1.54) is 16.3 Å². The van der Waals surface area contributed by atoms with Crippen molar-refractivity contribution in [2.75, 3.05) is 0 Å². The summed E-state index contributed by atoms with van der Waals surface area (Å²) in [5.41, 5.74) is 11.6. The zero-order valence-electron chi connectivity index (χ0n) is 25.8. The van der Waals surface area contributed by atoms with E-state index in [2.05, 4.69) is 152 Å². The topological polar surface area (TPSA) is 18.6 Å². The van der Waals surface area contributed by atoms with Crippen LogP contribution in [0.5, 0.6) is 0 Å². The van der Waals surface area contributed by atoms with Crippen LogP contribution in [-0.2, 0) is 0 Å². The monoisotopic (exact) mass is 610 g/mol. The van der Waals surface area contributed by atoms with Gasteiger partial charge < -0.3 is 9.13 Å². The third-order valence-corrected chi connectivity index (χ3v) is 9.35. The van der Waals surface area contributed by atoms with Crippen LogP contribution in [0, 0.1) is 13.1 Å². The number of rotatable bonds is 4. The SMILES string of the molecule is [C-]#[N+]c1ccc(-c2ccc(-c3ccc4c(c3)c3ccccc3n4-c3ccccc3)c3c4ccccc4n(-c4ccccc4)c23)c([N+]#[C-])c1. The lowest BCUT2D eigenvalue weighted by molar-refractivity contribution is 1.18. The lowest BCUT2D eigenvalue weighted by Gasteiger charge is -2.15. The maximum atomic E-state index is 8.04. The fourth-order valence-corrected chi connectivity index (χ4v) is 7.31. The Morgan fingerprint density at radius 1 is 0.417 bits per heavy atom. The van der Waals surface area contributed by atoms with Gasteiger partial charge in [0.1, 0.15) is 0 Å². The van der Waals surface area contributed by atoms with Gasteiger partial charge in [-0.05, 0) is 70.8 Å². The lowest BCUT2D eigenvalue weighted by Crippen LogP contribution is -1.96. The van der Waals surface area contributed by atoms with E-state index in [1.807, 2.05) is 18.2 Å². The molecule has 0 aliphatic heterocycles. The molecule has 0 aliphatic rings. The van der Waals surface area contributed by atoms with E-state index < -0.39 is 0 Å². The maximum absolute atomic E-state index is 8.04. The number of hydrogen-bond donors (Lipinski definition) is 0. The highest BCUT2D eigenvalue weighted by Crippen LogP contribution is 2.46. The minimum absolute atomic E-state index is 0.462. The fraction of sp³-hybridized carbons (Fsp3) is 0. The summed E-state index contributed by atoms with van der Waals surface area (Å²) in [6.45, 7) is 15.6. The van der Waals surface area contributed by atoms with Crippen LogP contribution in [0.1, 0.15) is 0 Å². The molecule has 0 aliphatic carbocycles. The molecule has 4 heteroatoms. The number of fused-ring (bicyclic) bond motifs is 6. The van der Waals surface area contributed by atoms with Crippen LogP contribution in [-0.4, -0.2) is 9.13 Å². The first-order valence-electron chi connectivity index (χ1n) is 15.8. The van der Waals surface area contributed by atoms with Crippen LogP contribution in [0.3, 0.4) is 0 Å². The molecule has 0 fully saturated rings. The van der Waals surface area contributed by atoms with Crippen molar-refractivity contribution in [3.05, 3.63) is 181 Å². The van der Waals surface area contributed by atoms with E-state index in [4.69, 9.17) is 13.1 Å². The van der Waals surface area contributed by atoms with Gasteiger partial charge in [0, 0.05) is 32.9 Å². The molecular weight excluding hydrogens is 585 g/mol. The van der Waals surface area contributed by atoms with Gasteiger partial charge in [-0.2, -0.15) is 0 Å². The first-order chi connectivity index (χ1) is 23.7. The molecule has 0 N–H and O–H groups in total. The number of nitrogens with zero attached hydrogens (tertiary/aromatic N) is 4. The minimum Gasteiger partial charge on any atom is -0.309 e. The maximum Gasteiger partial charge on any atom is 0.184 e. The van der Waals surface area contributed by atoms with Gasteiger partial charge in [-0.15, -0.1) is 0 Å². The Hall–Kier alpha value is -6.88. The summed E-state index contributed by atoms with van der Waals surface area (Å²) in [4.78, 5) is 7.48. The van der Waals surface area contributed by atoms with Crippen LogP contribution >= 0.6 is 0 Å². The second-order valence-electron chi connectivity index (χ2n) is 11.9. The highest BCUT2D eigenvalue weighted by Gasteiger charge is 2.22. The van der Waals surface area contributed by atoms with Gasteiger partial charge in [0.05, 0.1) is 35.2 Å². The van der Waals surface area contributed by atoms with Crippen molar-refractivity contribution >= 4 is 55.0 Å². The molecule has 2 aromatic heterocycles. The van der Waals surface area contributed by atoms with Crippen molar-refractivity contribution in [3.63, 3.8) is 0 Å². The molecule has 4 nitrogen and oxygen atoms in total. The van der Waals surface area contributed by atoms with Crippen LogP contribution in [0.2, 0.25) is 0 Å². The Morgan fingerprint density at radius 2 is 1.00 bits per heavy atom. The van der Waals surface area contributed by atoms with Gasteiger partial charge in [-0.3, -0.25) is 0 Å². The number of aromatic nitrogens is 2. The first-order valence-corrected chi connectivity index (χ1v) is 15.8. The summed E-state index contributed by atoms with van der Waals surface area (Å²) in [6.07, 6.45) is 0. The molecule has 0 atom stereocenters. The molecule has 0 saturated heterocycles.